The molecule has 3 rings (SSSR count). The van der Waals surface area contributed by atoms with Gasteiger partial charge in [0, 0.05) is 26.9 Å². The molecule has 8 heteroatoms. The highest BCUT2D eigenvalue weighted by molar-refractivity contribution is 5.97. The fraction of sp³-hybridized carbons (Fsp3) is 0.500. The first kappa shape index (κ1) is 30.9. The zero-order valence-electron chi connectivity index (χ0n) is 24.6. The third-order valence-corrected chi connectivity index (χ3v) is 7.42. The van der Waals surface area contributed by atoms with Crippen LogP contribution in [0.15, 0.2) is 60.7 Å². The Hall–Kier alpha value is -3.68. The SMILES string of the molecule is CC(C)C[C@H]1C(=O)N[C@@H](Cc2ccccc2)C(=O)N(C)[C@@H](CC(C)C)C(=O)N[C@@H](Cc2ccccc2)C(=O)N1C. The monoisotopic (exact) mass is 548 g/mol. The Morgan fingerprint density at radius 1 is 0.600 bits per heavy atom. The number of nitrogens with zero attached hydrogens (tertiary/aromatic N) is 2. The van der Waals surface area contributed by atoms with Crippen LogP contribution in [-0.2, 0) is 32.0 Å². The molecule has 0 radical (unpaired) electrons. The van der Waals surface area contributed by atoms with E-state index >= 15 is 0 Å². The first-order valence-electron chi connectivity index (χ1n) is 14.2. The summed E-state index contributed by atoms with van der Waals surface area (Å²) in [6, 6.07) is 15.6. The van der Waals surface area contributed by atoms with Gasteiger partial charge in [0.15, 0.2) is 0 Å². The molecule has 0 unspecified atom stereocenters. The van der Waals surface area contributed by atoms with E-state index < -0.39 is 24.2 Å². The molecule has 0 aromatic heterocycles. The third-order valence-electron chi connectivity index (χ3n) is 7.42. The number of benzene rings is 2. The van der Waals surface area contributed by atoms with Gasteiger partial charge in [0.1, 0.15) is 24.2 Å². The van der Waals surface area contributed by atoms with Gasteiger partial charge in [-0.05, 0) is 35.8 Å². The second-order valence-electron chi connectivity index (χ2n) is 11.7. The predicted molar refractivity (Wildman–Crippen MR) is 156 cm³/mol. The van der Waals surface area contributed by atoms with Gasteiger partial charge in [0.2, 0.25) is 23.6 Å². The van der Waals surface area contributed by atoms with Crippen molar-refractivity contribution in [1.29, 1.82) is 0 Å². The van der Waals surface area contributed by atoms with Crippen LogP contribution in [0.1, 0.15) is 51.7 Å². The van der Waals surface area contributed by atoms with Crippen molar-refractivity contribution >= 4 is 23.6 Å². The highest BCUT2D eigenvalue weighted by atomic mass is 16.2. The van der Waals surface area contributed by atoms with E-state index in [9.17, 15) is 19.2 Å². The Kier molecular flexibility index (Phi) is 10.9. The van der Waals surface area contributed by atoms with Crippen LogP contribution in [0.4, 0.5) is 0 Å². The summed E-state index contributed by atoms with van der Waals surface area (Å²) in [6.07, 6.45) is 1.37. The van der Waals surface area contributed by atoms with Gasteiger partial charge in [-0.25, -0.2) is 0 Å². The summed E-state index contributed by atoms with van der Waals surface area (Å²) < 4.78 is 0. The van der Waals surface area contributed by atoms with Crippen molar-refractivity contribution in [1.82, 2.24) is 20.4 Å². The molecule has 0 saturated carbocycles. The highest BCUT2D eigenvalue weighted by Gasteiger charge is 2.39. The molecular weight excluding hydrogens is 504 g/mol. The number of hydrogen-bond acceptors (Lipinski definition) is 4. The van der Waals surface area contributed by atoms with Crippen molar-refractivity contribution in [3.63, 3.8) is 0 Å². The molecular formula is C32H44N4O4. The van der Waals surface area contributed by atoms with Gasteiger partial charge >= 0.3 is 0 Å². The molecule has 1 heterocycles. The second kappa shape index (κ2) is 14.1. The van der Waals surface area contributed by atoms with Gasteiger partial charge in [0.05, 0.1) is 0 Å². The Bertz CT molecular complexity index is 1060. The van der Waals surface area contributed by atoms with Crippen molar-refractivity contribution in [2.75, 3.05) is 14.1 Å². The molecule has 8 nitrogen and oxygen atoms in total. The van der Waals surface area contributed by atoms with Crippen LogP contribution >= 0.6 is 0 Å². The summed E-state index contributed by atoms with van der Waals surface area (Å²) in [4.78, 5) is 58.4. The lowest BCUT2D eigenvalue weighted by Gasteiger charge is -2.37. The maximum Gasteiger partial charge on any atom is 0.245 e. The van der Waals surface area contributed by atoms with Crippen LogP contribution in [0.3, 0.4) is 0 Å². The quantitative estimate of drug-likeness (QED) is 0.529. The Labute approximate surface area is 238 Å². The highest BCUT2D eigenvalue weighted by Crippen LogP contribution is 2.19. The summed E-state index contributed by atoms with van der Waals surface area (Å²) in [6.45, 7) is 7.95. The fourth-order valence-electron chi connectivity index (χ4n) is 5.21. The molecule has 0 spiro atoms. The minimum absolute atomic E-state index is 0.113. The van der Waals surface area contributed by atoms with Gasteiger partial charge in [0.25, 0.3) is 0 Å². The third kappa shape index (κ3) is 8.16. The van der Waals surface area contributed by atoms with E-state index in [-0.39, 0.29) is 48.3 Å². The van der Waals surface area contributed by atoms with Gasteiger partial charge in [-0.1, -0.05) is 88.4 Å². The maximum absolute atomic E-state index is 13.9. The van der Waals surface area contributed by atoms with Crippen LogP contribution in [0.2, 0.25) is 0 Å². The fourth-order valence-corrected chi connectivity index (χ4v) is 5.21. The number of carbonyl (C=O) groups excluding carboxylic acids is 4. The molecule has 0 aliphatic carbocycles. The Morgan fingerprint density at radius 3 is 1.23 bits per heavy atom. The standard InChI is InChI=1S/C32H44N4O4/c1-21(2)17-27-29(37)33-26(20-24-15-11-8-12-16-24)32(40)36(6)28(18-22(3)4)30(38)34-25(31(39)35(27)5)19-23-13-9-7-10-14-23/h7-16,21-22,25-28H,17-20H2,1-6H3,(H,33,37)(H,34,38)/t25-,26-,27-,28-/m0/s1. The lowest BCUT2D eigenvalue weighted by molar-refractivity contribution is -0.148. The molecule has 2 aromatic carbocycles. The molecule has 1 fully saturated rings. The molecule has 1 aliphatic rings. The zero-order chi connectivity index (χ0) is 29.4. The molecule has 0 bridgehead atoms. The van der Waals surface area contributed by atoms with Crippen LogP contribution in [0.5, 0.6) is 0 Å². The van der Waals surface area contributed by atoms with E-state index in [1.807, 2.05) is 88.4 Å². The second-order valence-corrected chi connectivity index (χ2v) is 11.7. The van der Waals surface area contributed by atoms with E-state index in [1.54, 1.807) is 14.1 Å². The van der Waals surface area contributed by atoms with E-state index in [4.69, 9.17) is 0 Å². The number of carbonyl (C=O) groups is 4. The first-order valence-corrected chi connectivity index (χ1v) is 14.2. The number of rotatable bonds is 8. The van der Waals surface area contributed by atoms with Crippen LogP contribution in [0, 0.1) is 11.8 Å². The van der Waals surface area contributed by atoms with Crippen molar-refractivity contribution in [2.24, 2.45) is 11.8 Å². The average Bonchev–Trinajstić information content (AvgIpc) is 2.92. The van der Waals surface area contributed by atoms with Gasteiger partial charge in [-0.15, -0.1) is 0 Å². The van der Waals surface area contributed by atoms with E-state index in [1.165, 1.54) is 9.80 Å². The lowest BCUT2D eigenvalue weighted by Crippen LogP contribution is -2.62. The predicted octanol–water partition coefficient (Wildman–Crippen LogP) is 3.20. The van der Waals surface area contributed by atoms with E-state index in [2.05, 4.69) is 10.6 Å². The first-order chi connectivity index (χ1) is 19.0. The van der Waals surface area contributed by atoms with Crippen molar-refractivity contribution in [2.45, 2.75) is 77.5 Å². The molecule has 40 heavy (non-hydrogen) atoms. The van der Waals surface area contributed by atoms with Crippen LogP contribution < -0.4 is 10.6 Å². The summed E-state index contributed by atoms with van der Waals surface area (Å²) >= 11 is 0. The topological polar surface area (TPSA) is 98.8 Å². The number of nitrogens with one attached hydrogen (secondary N) is 2. The summed E-state index contributed by atoms with van der Waals surface area (Å²) in [5.41, 5.74) is 1.78. The Balaban J connectivity index is 2.06. The average molecular weight is 549 g/mol. The molecule has 4 atom stereocenters. The maximum atomic E-state index is 13.9. The minimum atomic E-state index is -0.889. The lowest BCUT2D eigenvalue weighted by atomic mass is 9.96. The number of amides is 4. The molecule has 2 aromatic rings. The van der Waals surface area contributed by atoms with Gasteiger partial charge in [-0.2, -0.15) is 0 Å². The Morgan fingerprint density at radius 2 is 0.925 bits per heavy atom. The number of likely N-dealkylation sites (N-methyl/N-ethyl adjacent to an activating group) is 2. The zero-order valence-corrected chi connectivity index (χ0v) is 24.6. The van der Waals surface area contributed by atoms with E-state index in [0.717, 1.165) is 11.1 Å². The smallest absolute Gasteiger partial charge is 0.245 e. The summed E-state index contributed by atoms with van der Waals surface area (Å²) in [7, 11) is 3.22. The van der Waals surface area contributed by atoms with Gasteiger partial charge < -0.3 is 20.4 Å². The van der Waals surface area contributed by atoms with Crippen LogP contribution in [0.25, 0.3) is 0 Å². The van der Waals surface area contributed by atoms with E-state index in [0.29, 0.717) is 12.8 Å². The molecule has 4 amide bonds. The van der Waals surface area contributed by atoms with Crippen LogP contribution in [-0.4, -0.2) is 71.7 Å². The molecule has 216 valence electrons. The minimum Gasteiger partial charge on any atom is -0.342 e. The largest absolute Gasteiger partial charge is 0.342 e. The normalized spacial score (nSPS) is 23.1. The summed E-state index contributed by atoms with van der Waals surface area (Å²) in [5.74, 6) is -1.20. The molecule has 1 aliphatic heterocycles. The summed E-state index contributed by atoms with van der Waals surface area (Å²) in [5, 5.41) is 5.93. The van der Waals surface area contributed by atoms with Crippen molar-refractivity contribution in [3.05, 3.63) is 71.8 Å². The van der Waals surface area contributed by atoms with Crippen molar-refractivity contribution < 1.29 is 19.2 Å². The molecule has 2 N–H and O–H groups in total. The number of hydrogen-bond donors (Lipinski definition) is 2. The molecule has 1 saturated heterocycles. The van der Waals surface area contributed by atoms with Gasteiger partial charge in [-0.3, -0.25) is 19.2 Å². The van der Waals surface area contributed by atoms with Crippen molar-refractivity contribution in [3.8, 4) is 0 Å².